The number of ketones is 1. The Hall–Kier alpha value is -1.45. The number of carbonyl (C=O) groups is 1. The minimum absolute atomic E-state index is 0.0696. The third-order valence-electron chi connectivity index (χ3n) is 6.16. The number of hydrogen-bond acceptors (Lipinski definition) is 3. The first-order valence-electron chi connectivity index (χ1n) is 9.00. The number of benzene rings is 1. The molecule has 24 heavy (non-hydrogen) atoms. The van der Waals surface area contributed by atoms with Crippen LogP contribution >= 0.6 is 0 Å². The zero-order valence-electron chi connectivity index (χ0n) is 14.9. The van der Waals surface area contributed by atoms with Crippen LogP contribution in [0.4, 0.5) is 0 Å². The average molecular weight is 326 g/mol. The molecule has 1 heterocycles. The monoisotopic (exact) mass is 326 g/mol. The van der Waals surface area contributed by atoms with Crippen LogP contribution in [0.3, 0.4) is 0 Å². The lowest BCUT2D eigenvalue weighted by Gasteiger charge is -2.49. The van der Waals surface area contributed by atoms with Crippen LogP contribution in [0.1, 0.15) is 64.2 Å². The van der Waals surface area contributed by atoms with Crippen LogP contribution < -0.4 is 0 Å². The maximum absolute atomic E-state index is 12.4. The van der Waals surface area contributed by atoms with Crippen molar-refractivity contribution in [3.05, 3.63) is 46.5 Å². The van der Waals surface area contributed by atoms with Crippen molar-refractivity contribution in [1.29, 1.82) is 0 Å². The SMILES string of the molecule is CC(=O)C1=C2C3CCC(C)(C)OC3c3ccccc3C2(O)CC1C. The number of Topliss-reactive ketones (excluding diaryl/α,β-unsaturated/α-hetero) is 1. The largest absolute Gasteiger partial charge is 0.381 e. The predicted molar refractivity (Wildman–Crippen MR) is 92.5 cm³/mol. The highest BCUT2D eigenvalue weighted by molar-refractivity contribution is 5.96. The number of aliphatic hydroxyl groups is 1. The molecule has 3 heteroatoms. The van der Waals surface area contributed by atoms with E-state index in [-0.39, 0.29) is 29.3 Å². The lowest BCUT2D eigenvalue weighted by Crippen LogP contribution is -2.45. The summed E-state index contributed by atoms with van der Waals surface area (Å²) in [7, 11) is 0. The van der Waals surface area contributed by atoms with E-state index >= 15 is 0 Å². The summed E-state index contributed by atoms with van der Waals surface area (Å²) in [5.74, 6) is 0.280. The predicted octanol–water partition coefficient (Wildman–Crippen LogP) is 4.06. The van der Waals surface area contributed by atoms with Crippen molar-refractivity contribution in [2.75, 3.05) is 0 Å². The quantitative estimate of drug-likeness (QED) is 0.846. The van der Waals surface area contributed by atoms with Gasteiger partial charge in [0.15, 0.2) is 5.78 Å². The second kappa shape index (κ2) is 5.03. The summed E-state index contributed by atoms with van der Waals surface area (Å²) in [5, 5.41) is 11.7. The maximum atomic E-state index is 12.4. The molecule has 4 rings (SSSR count). The van der Waals surface area contributed by atoms with Crippen molar-refractivity contribution >= 4 is 5.78 Å². The minimum Gasteiger partial charge on any atom is -0.381 e. The number of ether oxygens (including phenoxy) is 1. The minimum atomic E-state index is -1.01. The van der Waals surface area contributed by atoms with Crippen molar-refractivity contribution in [3.8, 4) is 0 Å². The summed E-state index contributed by atoms with van der Waals surface area (Å²) in [4.78, 5) is 12.4. The van der Waals surface area contributed by atoms with Crippen LogP contribution in [0.2, 0.25) is 0 Å². The molecule has 0 amide bonds. The van der Waals surface area contributed by atoms with Crippen molar-refractivity contribution in [1.82, 2.24) is 0 Å². The second-order valence-electron chi connectivity index (χ2n) is 8.38. The Morgan fingerprint density at radius 2 is 2.00 bits per heavy atom. The molecule has 1 N–H and O–H groups in total. The topological polar surface area (TPSA) is 46.5 Å². The van der Waals surface area contributed by atoms with Crippen LogP contribution in [-0.2, 0) is 15.1 Å². The Morgan fingerprint density at radius 3 is 2.71 bits per heavy atom. The molecular formula is C21H26O3. The standard InChI is InChI=1S/C21H26O3/c1-12-11-21(23)16-8-6-5-7-14(16)19-15(9-10-20(3,4)24-19)18(21)17(12)13(2)22/h5-8,12,15,19,23H,9-11H2,1-4H3. The molecule has 1 aliphatic heterocycles. The number of rotatable bonds is 1. The molecule has 0 radical (unpaired) electrons. The van der Waals surface area contributed by atoms with Crippen molar-refractivity contribution in [2.45, 2.75) is 64.3 Å². The van der Waals surface area contributed by atoms with Gasteiger partial charge in [0.05, 0.1) is 11.7 Å². The molecule has 1 aromatic carbocycles. The van der Waals surface area contributed by atoms with Gasteiger partial charge in [0, 0.05) is 11.5 Å². The van der Waals surface area contributed by atoms with Gasteiger partial charge in [-0.05, 0) is 62.7 Å². The van der Waals surface area contributed by atoms with E-state index in [9.17, 15) is 9.90 Å². The van der Waals surface area contributed by atoms with Gasteiger partial charge in [-0.15, -0.1) is 0 Å². The number of carbonyl (C=O) groups excluding carboxylic acids is 1. The third-order valence-corrected chi connectivity index (χ3v) is 6.16. The van der Waals surface area contributed by atoms with Crippen LogP contribution in [0.15, 0.2) is 35.4 Å². The Labute approximate surface area is 143 Å². The molecule has 0 saturated carbocycles. The fourth-order valence-corrected chi connectivity index (χ4v) is 5.28. The summed E-state index contributed by atoms with van der Waals surface area (Å²) in [6, 6.07) is 8.08. The van der Waals surface area contributed by atoms with Gasteiger partial charge < -0.3 is 9.84 Å². The zero-order chi connectivity index (χ0) is 17.3. The summed E-state index contributed by atoms with van der Waals surface area (Å²) in [6.45, 7) is 7.95. The highest BCUT2D eigenvalue weighted by Gasteiger charge is 2.56. The smallest absolute Gasteiger partial charge is 0.156 e. The second-order valence-corrected chi connectivity index (χ2v) is 8.38. The highest BCUT2D eigenvalue weighted by atomic mass is 16.5. The summed E-state index contributed by atoms with van der Waals surface area (Å²) < 4.78 is 6.46. The Balaban J connectivity index is 1.98. The van der Waals surface area contributed by atoms with E-state index in [0.717, 1.165) is 35.1 Å². The molecule has 1 saturated heterocycles. The van der Waals surface area contributed by atoms with Gasteiger partial charge in [0.25, 0.3) is 0 Å². The molecule has 0 spiro atoms. The van der Waals surface area contributed by atoms with Gasteiger partial charge in [-0.3, -0.25) is 4.79 Å². The van der Waals surface area contributed by atoms with Crippen LogP contribution in [0.25, 0.3) is 0 Å². The first kappa shape index (κ1) is 16.0. The molecule has 4 atom stereocenters. The van der Waals surface area contributed by atoms with Crippen molar-refractivity contribution < 1.29 is 14.6 Å². The fourth-order valence-electron chi connectivity index (χ4n) is 5.28. The molecule has 1 fully saturated rings. The van der Waals surface area contributed by atoms with E-state index in [0.29, 0.717) is 6.42 Å². The zero-order valence-corrected chi connectivity index (χ0v) is 14.9. The van der Waals surface area contributed by atoms with E-state index < -0.39 is 5.60 Å². The number of hydrogen-bond donors (Lipinski definition) is 1. The van der Waals surface area contributed by atoms with E-state index in [2.05, 4.69) is 26.8 Å². The van der Waals surface area contributed by atoms with Gasteiger partial charge >= 0.3 is 0 Å². The summed E-state index contributed by atoms with van der Waals surface area (Å²) in [6.07, 6.45) is 2.42. The first-order chi connectivity index (χ1) is 11.2. The fraction of sp³-hybridized carbons (Fsp3) is 0.571. The molecular weight excluding hydrogens is 300 g/mol. The number of fused-ring (bicyclic) bond motifs is 6. The molecule has 3 nitrogen and oxygen atoms in total. The van der Waals surface area contributed by atoms with Crippen molar-refractivity contribution in [2.24, 2.45) is 11.8 Å². The molecule has 1 aromatic rings. The van der Waals surface area contributed by atoms with E-state index in [1.807, 2.05) is 18.2 Å². The lowest BCUT2D eigenvalue weighted by molar-refractivity contribution is -0.142. The Morgan fingerprint density at radius 1 is 1.29 bits per heavy atom. The van der Waals surface area contributed by atoms with Gasteiger partial charge in [0.1, 0.15) is 5.60 Å². The molecule has 3 aliphatic rings. The maximum Gasteiger partial charge on any atom is 0.156 e. The van der Waals surface area contributed by atoms with Crippen LogP contribution in [0.5, 0.6) is 0 Å². The summed E-state index contributed by atoms with van der Waals surface area (Å²) in [5.41, 5.74) is 2.63. The normalized spacial score (nSPS) is 36.8. The molecule has 4 unspecified atom stereocenters. The van der Waals surface area contributed by atoms with Gasteiger partial charge in [-0.25, -0.2) is 0 Å². The number of allylic oxidation sites excluding steroid dienone is 1. The average Bonchev–Trinajstić information content (AvgIpc) is 2.78. The molecule has 0 aromatic heterocycles. The van der Waals surface area contributed by atoms with Gasteiger partial charge in [0.2, 0.25) is 0 Å². The van der Waals surface area contributed by atoms with Gasteiger partial charge in [-0.1, -0.05) is 31.2 Å². The molecule has 0 bridgehead atoms. The molecule has 128 valence electrons. The Bertz CT molecular complexity index is 745. The lowest BCUT2D eigenvalue weighted by atomic mass is 9.65. The third kappa shape index (κ3) is 2.07. The van der Waals surface area contributed by atoms with E-state index in [4.69, 9.17) is 4.74 Å². The van der Waals surface area contributed by atoms with E-state index in [1.165, 1.54) is 0 Å². The van der Waals surface area contributed by atoms with Crippen molar-refractivity contribution in [3.63, 3.8) is 0 Å². The molecule has 2 aliphatic carbocycles. The first-order valence-corrected chi connectivity index (χ1v) is 9.00. The van der Waals surface area contributed by atoms with Crippen LogP contribution in [0, 0.1) is 11.8 Å². The highest BCUT2D eigenvalue weighted by Crippen LogP contribution is 2.60. The van der Waals surface area contributed by atoms with Crippen LogP contribution in [-0.4, -0.2) is 16.5 Å². The van der Waals surface area contributed by atoms with E-state index in [1.54, 1.807) is 6.92 Å². The Kier molecular flexibility index (Phi) is 3.36. The van der Waals surface area contributed by atoms with Gasteiger partial charge in [-0.2, -0.15) is 0 Å². The summed E-state index contributed by atoms with van der Waals surface area (Å²) >= 11 is 0.